The van der Waals surface area contributed by atoms with Crippen molar-refractivity contribution >= 4 is 12.2 Å². The molecule has 0 aliphatic rings. The maximum absolute atomic E-state index is 11.3. The van der Waals surface area contributed by atoms with Crippen LogP contribution in [0, 0.1) is 6.92 Å². The van der Waals surface area contributed by atoms with E-state index in [-0.39, 0.29) is 6.10 Å². The molecule has 2 N–H and O–H groups in total. The first kappa shape index (κ1) is 20.5. The van der Waals surface area contributed by atoms with Crippen molar-refractivity contribution in [1.82, 2.24) is 5.01 Å². The molecule has 2 rings (SSSR count). The number of hydrogen-bond acceptors (Lipinski definition) is 3. The molecule has 0 saturated carbocycles. The topological polar surface area (TPSA) is 67.9 Å². The number of hydrazone groups is 1. The van der Waals surface area contributed by atoms with Gasteiger partial charge in [0.1, 0.15) is 11.6 Å². The van der Waals surface area contributed by atoms with Gasteiger partial charge in [0.25, 0.3) is 0 Å². The number of carbonyl (C=O) groups excluding carboxylic acids is 1. The zero-order valence-corrected chi connectivity index (χ0v) is 16.4. The molecule has 0 spiro atoms. The van der Waals surface area contributed by atoms with Crippen LogP contribution in [0.5, 0.6) is 5.75 Å². The summed E-state index contributed by atoms with van der Waals surface area (Å²) in [5, 5.41) is 5.58. The van der Waals surface area contributed by atoms with Crippen molar-refractivity contribution in [3.8, 4) is 5.75 Å². The largest absolute Gasteiger partial charge is 0.491 e. The summed E-state index contributed by atoms with van der Waals surface area (Å²) >= 11 is 0. The van der Waals surface area contributed by atoms with Crippen LogP contribution in [-0.2, 0) is 17.8 Å². The van der Waals surface area contributed by atoms with Crippen molar-refractivity contribution < 1.29 is 9.53 Å². The lowest BCUT2D eigenvalue weighted by atomic mass is 10.1. The van der Waals surface area contributed by atoms with Crippen molar-refractivity contribution in [1.29, 1.82) is 0 Å². The third kappa shape index (κ3) is 7.52. The zero-order valence-electron chi connectivity index (χ0n) is 16.4. The fraction of sp³-hybridized carbons (Fsp3) is 0.364. The quantitative estimate of drug-likeness (QED) is 0.298. The molecule has 0 bridgehead atoms. The zero-order chi connectivity index (χ0) is 19.6. The molecular weight excluding hydrogens is 338 g/mol. The maximum atomic E-state index is 11.3. The molecule has 0 aromatic heterocycles. The summed E-state index contributed by atoms with van der Waals surface area (Å²) in [6, 6.07) is 16.1. The van der Waals surface area contributed by atoms with Gasteiger partial charge in [-0.2, -0.15) is 5.10 Å². The lowest BCUT2D eigenvalue weighted by molar-refractivity contribution is -0.118. The highest BCUT2D eigenvalue weighted by Gasteiger charge is 2.04. The lowest BCUT2D eigenvalue weighted by Gasteiger charge is -2.13. The Morgan fingerprint density at radius 3 is 2.33 bits per heavy atom. The number of aryl methyl sites for hydroxylation is 2. The van der Waals surface area contributed by atoms with E-state index in [1.54, 1.807) is 0 Å². The first-order chi connectivity index (χ1) is 13.0. The van der Waals surface area contributed by atoms with Crippen LogP contribution in [0.4, 0.5) is 0 Å². The number of nitrogens with zero attached hydrogens (tertiary/aromatic N) is 2. The number of rotatable bonds is 10. The molecular formula is C22H29N3O2. The second-order valence-electron chi connectivity index (χ2n) is 6.94. The van der Waals surface area contributed by atoms with Crippen LogP contribution in [0.2, 0.25) is 0 Å². The minimum absolute atomic E-state index is 0.174. The minimum Gasteiger partial charge on any atom is -0.491 e. The molecule has 27 heavy (non-hydrogen) atoms. The van der Waals surface area contributed by atoms with Gasteiger partial charge >= 0.3 is 0 Å². The fourth-order valence-electron chi connectivity index (χ4n) is 2.67. The van der Waals surface area contributed by atoms with E-state index in [0.717, 1.165) is 24.2 Å². The molecule has 5 nitrogen and oxygen atoms in total. The summed E-state index contributed by atoms with van der Waals surface area (Å²) in [5.41, 5.74) is 9.43. The fourth-order valence-corrected chi connectivity index (χ4v) is 2.67. The maximum Gasteiger partial charge on any atom is 0.230 e. The third-order valence-corrected chi connectivity index (χ3v) is 4.04. The van der Waals surface area contributed by atoms with Crippen LogP contribution in [0.15, 0.2) is 53.6 Å². The van der Waals surface area contributed by atoms with E-state index in [2.05, 4.69) is 17.2 Å². The molecule has 0 radical (unpaired) electrons. The molecule has 1 amide bonds. The van der Waals surface area contributed by atoms with Crippen LogP contribution >= 0.6 is 0 Å². The number of ether oxygens (including phenoxy) is 1. The number of benzene rings is 2. The van der Waals surface area contributed by atoms with Crippen LogP contribution in [0.3, 0.4) is 0 Å². The first-order valence-corrected chi connectivity index (χ1v) is 9.32. The minimum atomic E-state index is 0.174. The Bertz CT molecular complexity index is 737. The predicted molar refractivity (Wildman–Crippen MR) is 110 cm³/mol. The average molecular weight is 367 g/mol. The van der Waals surface area contributed by atoms with Crippen LogP contribution < -0.4 is 10.5 Å². The molecule has 2 aromatic rings. The third-order valence-electron chi connectivity index (χ3n) is 4.04. The lowest BCUT2D eigenvalue weighted by Crippen LogP contribution is -2.22. The molecule has 0 unspecified atom stereocenters. The molecule has 0 aliphatic heterocycles. The summed E-state index contributed by atoms with van der Waals surface area (Å²) in [5.74, 6) is 1.35. The Morgan fingerprint density at radius 2 is 1.74 bits per heavy atom. The van der Waals surface area contributed by atoms with Gasteiger partial charge in [0.15, 0.2) is 0 Å². The van der Waals surface area contributed by atoms with Gasteiger partial charge in [-0.25, -0.2) is 5.01 Å². The highest BCUT2D eigenvalue weighted by Crippen LogP contribution is 2.15. The monoisotopic (exact) mass is 367 g/mol. The van der Waals surface area contributed by atoms with E-state index in [9.17, 15) is 4.79 Å². The SMILES string of the molecule is Cc1ccc(CN(C=O)/N=C(\N)CCCc2ccc(OC(C)C)cc2)cc1. The number of nitrogens with two attached hydrogens (primary N) is 1. The van der Waals surface area contributed by atoms with Crippen molar-refractivity contribution in [3.05, 3.63) is 65.2 Å². The van der Waals surface area contributed by atoms with E-state index in [1.807, 2.05) is 57.2 Å². The standard InChI is InChI=1S/C22H29N3O2/c1-17(2)27-21-13-11-19(12-14-21)5-4-6-22(23)24-25(16-26)15-20-9-7-18(3)8-10-20/h7-14,16-17H,4-6,15H2,1-3H3,(H2,23,24). The Labute approximate surface area is 161 Å². The van der Waals surface area contributed by atoms with E-state index in [1.165, 1.54) is 16.1 Å². The van der Waals surface area contributed by atoms with Gasteiger partial charge in [0.2, 0.25) is 6.41 Å². The molecule has 2 aromatic carbocycles. The van der Waals surface area contributed by atoms with Gasteiger partial charge in [-0.1, -0.05) is 42.0 Å². The summed E-state index contributed by atoms with van der Waals surface area (Å²) in [6.07, 6.45) is 3.30. The van der Waals surface area contributed by atoms with Gasteiger partial charge in [-0.05, 0) is 56.9 Å². The van der Waals surface area contributed by atoms with Crippen molar-refractivity contribution in [2.75, 3.05) is 0 Å². The summed E-state index contributed by atoms with van der Waals surface area (Å²) in [6.45, 7) is 6.47. The molecule has 5 heteroatoms. The molecule has 0 atom stereocenters. The normalized spacial score (nSPS) is 11.5. The van der Waals surface area contributed by atoms with Crippen LogP contribution in [0.25, 0.3) is 0 Å². The Hall–Kier alpha value is -2.82. The van der Waals surface area contributed by atoms with Crippen molar-refractivity contribution in [2.45, 2.75) is 52.7 Å². The molecule has 0 saturated heterocycles. The summed E-state index contributed by atoms with van der Waals surface area (Å²) in [4.78, 5) is 11.3. The van der Waals surface area contributed by atoms with Gasteiger partial charge in [-0.15, -0.1) is 0 Å². The van der Waals surface area contributed by atoms with Crippen molar-refractivity contribution in [3.63, 3.8) is 0 Å². The van der Waals surface area contributed by atoms with Gasteiger partial charge in [-0.3, -0.25) is 4.79 Å². The molecule has 0 heterocycles. The Morgan fingerprint density at radius 1 is 1.11 bits per heavy atom. The molecule has 144 valence electrons. The second kappa shape index (κ2) is 10.4. The number of hydrogen-bond donors (Lipinski definition) is 1. The Balaban J connectivity index is 1.81. The summed E-state index contributed by atoms with van der Waals surface area (Å²) in [7, 11) is 0. The smallest absolute Gasteiger partial charge is 0.230 e. The van der Waals surface area contributed by atoms with Gasteiger partial charge in [0.05, 0.1) is 12.6 Å². The first-order valence-electron chi connectivity index (χ1n) is 9.32. The molecule has 0 fully saturated rings. The number of carbonyl (C=O) groups is 1. The summed E-state index contributed by atoms with van der Waals surface area (Å²) < 4.78 is 5.65. The van der Waals surface area contributed by atoms with E-state index >= 15 is 0 Å². The van der Waals surface area contributed by atoms with Crippen LogP contribution in [0.1, 0.15) is 43.4 Å². The molecule has 0 aliphatic carbocycles. The van der Waals surface area contributed by atoms with Crippen molar-refractivity contribution in [2.24, 2.45) is 10.8 Å². The van der Waals surface area contributed by atoms with Crippen LogP contribution in [-0.4, -0.2) is 23.4 Å². The number of amidine groups is 1. The van der Waals surface area contributed by atoms with E-state index in [0.29, 0.717) is 25.2 Å². The van der Waals surface area contributed by atoms with Gasteiger partial charge < -0.3 is 10.5 Å². The van der Waals surface area contributed by atoms with E-state index in [4.69, 9.17) is 10.5 Å². The average Bonchev–Trinajstić information content (AvgIpc) is 2.64. The highest BCUT2D eigenvalue weighted by molar-refractivity contribution is 5.80. The highest BCUT2D eigenvalue weighted by atomic mass is 16.5. The van der Waals surface area contributed by atoms with Gasteiger partial charge in [0, 0.05) is 6.42 Å². The number of amides is 1. The second-order valence-corrected chi connectivity index (χ2v) is 6.94. The Kier molecular flexibility index (Phi) is 7.86. The predicted octanol–water partition coefficient (Wildman–Crippen LogP) is 4.04. The van der Waals surface area contributed by atoms with E-state index < -0.39 is 0 Å².